The number of nitrogens with zero attached hydrogens (tertiary/aromatic N) is 3. The summed E-state index contributed by atoms with van der Waals surface area (Å²) in [4.78, 5) is 14.5. The third kappa shape index (κ3) is 8.50. The van der Waals surface area contributed by atoms with Crippen LogP contribution < -0.4 is 9.64 Å². The number of phenols is 1. The van der Waals surface area contributed by atoms with Crippen LogP contribution in [0.2, 0.25) is 0 Å². The van der Waals surface area contributed by atoms with Crippen LogP contribution in [0.5, 0.6) is 11.5 Å². The number of fused-ring (bicyclic) bond motifs is 1. The predicted octanol–water partition coefficient (Wildman–Crippen LogP) is 5.97. The van der Waals surface area contributed by atoms with Gasteiger partial charge in [0.25, 0.3) is 0 Å². The molecule has 7 nitrogen and oxygen atoms in total. The van der Waals surface area contributed by atoms with E-state index in [9.17, 15) is 19.5 Å². The number of aromatic hydroxyl groups is 1. The molecule has 0 radical (unpaired) electrons. The molecule has 3 aromatic rings. The summed E-state index contributed by atoms with van der Waals surface area (Å²) in [5.74, 6) is 0.0427. The molecule has 0 bridgehead atoms. The zero-order valence-electron chi connectivity index (χ0n) is 22.4. The van der Waals surface area contributed by atoms with Gasteiger partial charge in [0, 0.05) is 31.4 Å². The Bertz CT molecular complexity index is 1220. The third-order valence-corrected chi connectivity index (χ3v) is 7.24. The summed E-state index contributed by atoms with van der Waals surface area (Å²) < 4.78 is 20.0. The number of benzene rings is 3. The minimum Gasteiger partial charge on any atom is -0.508 e. The van der Waals surface area contributed by atoms with E-state index in [1.54, 1.807) is 30.3 Å². The van der Waals surface area contributed by atoms with Crippen LogP contribution in [0.25, 0.3) is 0 Å². The number of hydrogen-bond donors (Lipinski definition) is 2. The van der Waals surface area contributed by atoms with Crippen molar-refractivity contribution in [2.75, 3.05) is 44.3 Å². The van der Waals surface area contributed by atoms with Gasteiger partial charge in [0.05, 0.1) is 6.61 Å². The fourth-order valence-corrected chi connectivity index (χ4v) is 5.16. The molecule has 2 aliphatic rings. The highest BCUT2D eigenvalue weighted by Crippen LogP contribution is 2.26. The summed E-state index contributed by atoms with van der Waals surface area (Å²) >= 11 is 0. The maximum Gasteiger partial charge on any atom is 0.165 e. The molecule has 0 unspecified atom stereocenters. The number of likely N-dealkylation sites (tertiary alicyclic amines) is 1. The zero-order valence-corrected chi connectivity index (χ0v) is 22.4. The second-order valence-corrected chi connectivity index (χ2v) is 10.1. The fraction of sp³-hybridized carbons (Fsp3) is 0.419. The van der Waals surface area contributed by atoms with Gasteiger partial charge in [-0.1, -0.05) is 18.2 Å². The summed E-state index contributed by atoms with van der Waals surface area (Å²) in [6.45, 7) is 4.28. The van der Waals surface area contributed by atoms with Gasteiger partial charge in [0.2, 0.25) is 0 Å². The number of aliphatic hydroxyl groups excluding tert-OH is 1. The van der Waals surface area contributed by atoms with E-state index >= 15 is 0 Å². The molecule has 1 fully saturated rings. The molecule has 8 heteroatoms. The first kappa shape index (κ1) is 28.5. The number of anilines is 1. The van der Waals surface area contributed by atoms with Crippen LogP contribution >= 0.6 is 0 Å². The van der Waals surface area contributed by atoms with E-state index in [1.807, 2.05) is 29.2 Å². The van der Waals surface area contributed by atoms with Crippen LogP contribution in [-0.4, -0.2) is 54.5 Å². The Morgan fingerprint density at radius 3 is 2.46 bits per heavy atom. The highest BCUT2D eigenvalue weighted by atomic mass is 19.1. The zero-order chi connectivity index (χ0) is 27.5. The van der Waals surface area contributed by atoms with Crippen molar-refractivity contribution in [3.8, 4) is 11.5 Å². The summed E-state index contributed by atoms with van der Waals surface area (Å²) in [6.07, 6.45) is 7.25. The van der Waals surface area contributed by atoms with Crippen LogP contribution in [0.15, 0.2) is 65.8 Å². The van der Waals surface area contributed by atoms with Gasteiger partial charge >= 0.3 is 0 Å². The molecule has 5 rings (SSSR count). The molecule has 1 saturated heterocycles. The molecular formula is C31H38FN3O4. The Morgan fingerprint density at radius 2 is 1.74 bits per heavy atom. The lowest BCUT2D eigenvalue weighted by Gasteiger charge is -2.24. The van der Waals surface area contributed by atoms with Crippen LogP contribution in [0, 0.1) is 10.7 Å². The van der Waals surface area contributed by atoms with E-state index in [4.69, 9.17) is 4.74 Å². The average Bonchev–Trinajstić information content (AvgIpc) is 3.48. The number of halogens is 1. The van der Waals surface area contributed by atoms with E-state index < -0.39 is 0 Å². The molecule has 0 amide bonds. The van der Waals surface area contributed by atoms with Crippen molar-refractivity contribution in [3.05, 3.63) is 88.1 Å². The van der Waals surface area contributed by atoms with Crippen molar-refractivity contribution < 1.29 is 19.3 Å². The van der Waals surface area contributed by atoms with E-state index in [-0.39, 0.29) is 23.9 Å². The van der Waals surface area contributed by atoms with E-state index in [1.165, 1.54) is 42.9 Å². The maximum atomic E-state index is 14.4. The van der Waals surface area contributed by atoms with Crippen molar-refractivity contribution >= 4 is 11.4 Å². The molecule has 208 valence electrons. The number of nitroso groups, excluding NO2 is 1. The van der Waals surface area contributed by atoms with E-state index in [0.29, 0.717) is 25.4 Å². The van der Waals surface area contributed by atoms with Crippen molar-refractivity contribution in [2.45, 2.75) is 45.1 Å². The first-order valence-corrected chi connectivity index (χ1v) is 13.8. The van der Waals surface area contributed by atoms with E-state index in [2.05, 4.69) is 10.1 Å². The molecule has 2 N–H and O–H groups in total. The summed E-state index contributed by atoms with van der Waals surface area (Å²) in [5.41, 5.74) is 4.83. The van der Waals surface area contributed by atoms with Crippen molar-refractivity contribution in [2.24, 2.45) is 5.18 Å². The van der Waals surface area contributed by atoms with Crippen molar-refractivity contribution in [1.82, 2.24) is 4.90 Å². The lowest BCUT2D eigenvalue weighted by atomic mass is 9.91. The molecule has 1 heterocycles. The largest absolute Gasteiger partial charge is 0.508 e. The lowest BCUT2D eigenvalue weighted by Crippen LogP contribution is -2.26. The Kier molecular flexibility index (Phi) is 10.7. The number of aryl methyl sites for hydroxylation is 2. The number of ether oxygens (including phenoxy) is 1. The topological polar surface area (TPSA) is 85.6 Å². The standard InChI is InChI=1S/C21H27FN2O3.C10H11NO/c22-20-14-17(6-7-21(20)27-13-11-23-8-1-2-9-23)16-24(10-12-25)18-4-3-5-19(26)15-18;12-11-10-6-5-8-3-1-2-4-9(8)7-10/h3-7,14-15,25-26H,1-2,8-13,16H2;5-7H,1-4H2. The first-order chi connectivity index (χ1) is 19.1. The van der Waals surface area contributed by atoms with Crippen LogP contribution in [0.3, 0.4) is 0 Å². The predicted molar refractivity (Wildman–Crippen MR) is 152 cm³/mol. The average molecular weight is 536 g/mol. The molecule has 3 aromatic carbocycles. The molecule has 0 spiro atoms. The van der Waals surface area contributed by atoms with Gasteiger partial charge in [0.15, 0.2) is 11.6 Å². The van der Waals surface area contributed by atoms with Crippen molar-refractivity contribution in [1.29, 1.82) is 0 Å². The maximum absolute atomic E-state index is 14.4. The van der Waals surface area contributed by atoms with Gasteiger partial charge in [-0.05, 0) is 110 Å². The highest BCUT2D eigenvalue weighted by Gasteiger charge is 2.13. The SMILES string of the molecule is O=Nc1ccc2c(c1)CCCC2.OCCN(Cc1ccc(OCCN2CCCC2)c(F)c1)c1cccc(O)c1. The molecular weight excluding hydrogens is 497 g/mol. The van der Waals surface area contributed by atoms with Gasteiger partial charge in [-0.15, -0.1) is 4.91 Å². The van der Waals surface area contributed by atoms with Crippen molar-refractivity contribution in [3.63, 3.8) is 0 Å². The molecule has 0 saturated carbocycles. The molecule has 0 atom stereocenters. The quantitative estimate of drug-likeness (QED) is 0.311. The third-order valence-electron chi connectivity index (χ3n) is 7.24. The Balaban J connectivity index is 0.000000243. The lowest BCUT2D eigenvalue weighted by molar-refractivity contribution is 0.231. The highest BCUT2D eigenvalue weighted by molar-refractivity contribution is 5.51. The van der Waals surface area contributed by atoms with Gasteiger partial charge in [0.1, 0.15) is 18.0 Å². The monoisotopic (exact) mass is 535 g/mol. The fourth-order valence-electron chi connectivity index (χ4n) is 5.16. The normalized spacial score (nSPS) is 14.7. The van der Waals surface area contributed by atoms with Gasteiger partial charge in [-0.3, -0.25) is 4.90 Å². The molecule has 1 aliphatic carbocycles. The smallest absolute Gasteiger partial charge is 0.165 e. The second-order valence-electron chi connectivity index (χ2n) is 10.1. The first-order valence-electron chi connectivity index (χ1n) is 13.8. The second kappa shape index (κ2) is 14.6. The van der Waals surface area contributed by atoms with Gasteiger partial charge in [-0.2, -0.15) is 0 Å². The number of rotatable bonds is 10. The minimum absolute atomic E-state index is 0.0319. The molecule has 39 heavy (non-hydrogen) atoms. The van der Waals surface area contributed by atoms with Gasteiger partial charge < -0.3 is 19.8 Å². The number of aliphatic hydroxyl groups is 1. The Hall–Kier alpha value is -3.49. The summed E-state index contributed by atoms with van der Waals surface area (Å²) in [5, 5.41) is 21.9. The molecule has 1 aliphatic heterocycles. The number of hydrogen-bond acceptors (Lipinski definition) is 7. The van der Waals surface area contributed by atoms with Crippen LogP contribution in [0.1, 0.15) is 42.4 Å². The Labute approximate surface area is 229 Å². The minimum atomic E-state index is -0.381. The van der Waals surface area contributed by atoms with Crippen LogP contribution in [-0.2, 0) is 19.4 Å². The Morgan fingerprint density at radius 1 is 0.949 bits per heavy atom. The van der Waals surface area contributed by atoms with Crippen LogP contribution in [0.4, 0.5) is 15.8 Å². The van der Waals surface area contributed by atoms with Gasteiger partial charge in [-0.25, -0.2) is 4.39 Å². The van der Waals surface area contributed by atoms with E-state index in [0.717, 1.165) is 43.7 Å². The summed E-state index contributed by atoms with van der Waals surface area (Å²) in [7, 11) is 0. The number of phenolic OH excluding ortho intramolecular Hbond substituents is 1. The summed E-state index contributed by atoms with van der Waals surface area (Å²) in [6, 6.07) is 17.5. The molecule has 0 aromatic heterocycles.